The van der Waals surface area contributed by atoms with E-state index in [1.165, 1.54) is 12.2 Å². The van der Waals surface area contributed by atoms with Crippen LogP contribution in [0.4, 0.5) is 5.69 Å². The van der Waals surface area contributed by atoms with Gasteiger partial charge in [-0.2, -0.15) is 18.6 Å². The molecule has 0 fully saturated rings. The van der Waals surface area contributed by atoms with Crippen molar-refractivity contribution in [3.63, 3.8) is 0 Å². The van der Waals surface area contributed by atoms with Crippen molar-refractivity contribution in [2.45, 2.75) is 31.2 Å². The van der Waals surface area contributed by atoms with Crippen molar-refractivity contribution >= 4 is 15.8 Å². The molecule has 1 aliphatic carbocycles. The highest BCUT2D eigenvalue weighted by atomic mass is 32.2. The summed E-state index contributed by atoms with van der Waals surface area (Å²) in [6.45, 7) is 3.65. The summed E-state index contributed by atoms with van der Waals surface area (Å²) in [5.74, 6) is -0.235. The summed E-state index contributed by atoms with van der Waals surface area (Å²) in [5.41, 5.74) is 0.886. The molecule has 2 rings (SSSR count). The molecule has 1 aromatic carbocycles. The first-order valence-corrected chi connectivity index (χ1v) is 8.78. The zero-order valence-corrected chi connectivity index (χ0v) is 13.8. The highest BCUT2D eigenvalue weighted by molar-refractivity contribution is 7.87. The Bertz CT molecular complexity index is 741. The van der Waals surface area contributed by atoms with Gasteiger partial charge in [-0.15, -0.1) is 0 Å². The second-order valence-electron chi connectivity index (χ2n) is 5.50. The molecule has 0 spiro atoms. The van der Waals surface area contributed by atoms with Crippen LogP contribution in [0.1, 0.15) is 20.3 Å². The first-order chi connectivity index (χ1) is 10.8. The van der Waals surface area contributed by atoms with Crippen molar-refractivity contribution in [3.8, 4) is 0 Å². The fourth-order valence-corrected chi connectivity index (χ4v) is 3.17. The summed E-state index contributed by atoms with van der Waals surface area (Å²) in [4.78, 5) is -2.40. The van der Waals surface area contributed by atoms with Gasteiger partial charge in [0.2, 0.25) is 4.93 Å². The average molecular weight is 336 g/mol. The maximum absolute atomic E-state index is 11.6. The summed E-state index contributed by atoms with van der Waals surface area (Å²) >= 11 is 0. The Labute approximate surface area is 136 Å². The lowest BCUT2D eigenvalue weighted by atomic mass is 9.88. The van der Waals surface area contributed by atoms with Gasteiger partial charge < -0.3 is 5.11 Å². The second kappa shape index (κ2) is 6.74. The van der Waals surface area contributed by atoms with E-state index in [0.717, 1.165) is 6.08 Å². The summed E-state index contributed by atoms with van der Waals surface area (Å²) in [5, 5.41) is 18.6. The number of azo groups is 1. The molecule has 1 aromatic rings. The van der Waals surface area contributed by atoms with Gasteiger partial charge in [-0.25, -0.2) is 0 Å². The molecule has 0 aromatic heterocycles. The van der Waals surface area contributed by atoms with Crippen LogP contribution in [-0.2, 0) is 10.1 Å². The Hall–Kier alpha value is -1.83. The van der Waals surface area contributed by atoms with E-state index in [9.17, 15) is 18.1 Å². The first kappa shape index (κ1) is 17.5. The predicted octanol–water partition coefficient (Wildman–Crippen LogP) is 3.26. The fraction of sp³-hybridized carbons (Fsp3) is 0.375. The minimum absolute atomic E-state index is 0.210. The molecule has 0 radical (unpaired) electrons. The quantitative estimate of drug-likeness (QED) is 0.490. The van der Waals surface area contributed by atoms with Gasteiger partial charge >= 0.3 is 10.1 Å². The molecular weight excluding hydrogens is 316 g/mol. The minimum Gasteiger partial charge on any atom is -0.366 e. The van der Waals surface area contributed by atoms with Crippen LogP contribution in [-0.4, -0.2) is 29.1 Å². The largest absolute Gasteiger partial charge is 0.366 e. The van der Waals surface area contributed by atoms with Crippen molar-refractivity contribution in [1.82, 2.24) is 0 Å². The molecule has 0 bridgehead atoms. The maximum atomic E-state index is 11.6. The van der Waals surface area contributed by atoms with Crippen LogP contribution in [0.3, 0.4) is 0 Å². The number of aliphatic hydroxyl groups is 1. The van der Waals surface area contributed by atoms with E-state index in [4.69, 9.17) is 0 Å². The van der Waals surface area contributed by atoms with Gasteiger partial charge in [0.05, 0.1) is 5.69 Å². The minimum atomic E-state index is -4.69. The van der Waals surface area contributed by atoms with Crippen LogP contribution < -0.4 is 0 Å². The van der Waals surface area contributed by atoms with Gasteiger partial charge in [0.25, 0.3) is 0 Å². The smallest absolute Gasteiger partial charge is 0.303 e. The lowest BCUT2D eigenvalue weighted by Gasteiger charge is -2.31. The van der Waals surface area contributed by atoms with Crippen molar-refractivity contribution in [3.05, 3.63) is 54.1 Å². The van der Waals surface area contributed by atoms with E-state index in [2.05, 4.69) is 10.2 Å². The molecule has 0 heterocycles. The first-order valence-electron chi connectivity index (χ1n) is 7.34. The highest BCUT2D eigenvalue weighted by Gasteiger charge is 2.45. The Kier molecular flexibility index (Phi) is 5.13. The molecule has 124 valence electrons. The van der Waals surface area contributed by atoms with E-state index in [1.807, 2.05) is 25.1 Å². The normalized spacial score (nSPS) is 26.3. The molecule has 0 amide bonds. The molecule has 7 heteroatoms. The van der Waals surface area contributed by atoms with Crippen LogP contribution in [0.15, 0.2) is 64.4 Å². The third-order valence-electron chi connectivity index (χ3n) is 3.88. The number of rotatable bonds is 5. The Morgan fingerprint density at radius 2 is 1.96 bits per heavy atom. The Morgan fingerprint density at radius 3 is 2.52 bits per heavy atom. The third kappa shape index (κ3) is 3.74. The molecule has 0 aliphatic heterocycles. The van der Waals surface area contributed by atoms with E-state index in [0.29, 0.717) is 12.1 Å². The number of nitrogens with zero attached hydrogens (tertiary/aromatic N) is 2. The summed E-state index contributed by atoms with van der Waals surface area (Å²) in [7, 11) is -4.69. The predicted molar refractivity (Wildman–Crippen MR) is 87.9 cm³/mol. The van der Waals surface area contributed by atoms with E-state index in [1.54, 1.807) is 19.1 Å². The highest BCUT2D eigenvalue weighted by Crippen LogP contribution is 2.36. The molecule has 6 nitrogen and oxygen atoms in total. The summed E-state index contributed by atoms with van der Waals surface area (Å²) in [6.07, 6.45) is 4.62. The van der Waals surface area contributed by atoms with Gasteiger partial charge in [0.15, 0.2) is 0 Å². The number of benzene rings is 1. The lowest BCUT2D eigenvalue weighted by Crippen LogP contribution is -2.42. The molecule has 0 saturated heterocycles. The van der Waals surface area contributed by atoms with Crippen molar-refractivity contribution in [2.24, 2.45) is 16.1 Å². The SMILES string of the molecule is CCC(C)C1=CC(N=Nc2ccccc2)C=CC1(O)S(=O)(=O)O. The lowest BCUT2D eigenvalue weighted by molar-refractivity contribution is 0.180. The van der Waals surface area contributed by atoms with Gasteiger partial charge in [0, 0.05) is 0 Å². The van der Waals surface area contributed by atoms with Crippen molar-refractivity contribution in [1.29, 1.82) is 0 Å². The van der Waals surface area contributed by atoms with Gasteiger partial charge in [-0.3, -0.25) is 4.55 Å². The molecule has 3 unspecified atom stereocenters. The van der Waals surface area contributed by atoms with Gasteiger partial charge in [0.1, 0.15) is 6.04 Å². The van der Waals surface area contributed by atoms with E-state index >= 15 is 0 Å². The van der Waals surface area contributed by atoms with Crippen LogP contribution in [0.25, 0.3) is 0 Å². The van der Waals surface area contributed by atoms with E-state index < -0.39 is 21.1 Å². The molecule has 3 atom stereocenters. The summed E-state index contributed by atoms with van der Waals surface area (Å²) < 4.78 is 32.6. The van der Waals surface area contributed by atoms with Crippen LogP contribution in [0.2, 0.25) is 0 Å². The standard InChI is InChI=1S/C16H20N2O4S/c1-3-12(2)15-11-14(9-10-16(15,19)23(20,21)22)18-17-13-7-5-4-6-8-13/h4-12,14,19H,3H2,1-2H3,(H,20,21,22). The molecule has 2 N–H and O–H groups in total. The third-order valence-corrected chi connectivity index (χ3v) is 5.04. The molecular formula is C16H20N2O4S. The Morgan fingerprint density at radius 1 is 1.30 bits per heavy atom. The Balaban J connectivity index is 2.34. The maximum Gasteiger partial charge on any atom is 0.303 e. The summed E-state index contributed by atoms with van der Waals surface area (Å²) in [6, 6.07) is 8.63. The van der Waals surface area contributed by atoms with E-state index in [-0.39, 0.29) is 11.5 Å². The molecule has 23 heavy (non-hydrogen) atoms. The second-order valence-corrected chi connectivity index (χ2v) is 7.08. The number of hydrogen-bond acceptors (Lipinski definition) is 5. The molecule has 0 saturated carbocycles. The van der Waals surface area contributed by atoms with Crippen molar-refractivity contribution < 1.29 is 18.1 Å². The van der Waals surface area contributed by atoms with Crippen LogP contribution in [0.5, 0.6) is 0 Å². The van der Waals surface area contributed by atoms with Crippen LogP contribution in [0, 0.1) is 5.92 Å². The van der Waals surface area contributed by atoms with Crippen LogP contribution >= 0.6 is 0 Å². The van der Waals surface area contributed by atoms with Gasteiger partial charge in [-0.05, 0) is 36.1 Å². The average Bonchev–Trinajstić information content (AvgIpc) is 2.53. The zero-order valence-electron chi connectivity index (χ0n) is 13.0. The monoisotopic (exact) mass is 336 g/mol. The van der Waals surface area contributed by atoms with Gasteiger partial charge in [-0.1, -0.05) is 44.2 Å². The van der Waals surface area contributed by atoms with Crippen molar-refractivity contribution in [2.75, 3.05) is 0 Å². The fourth-order valence-electron chi connectivity index (χ4n) is 2.36. The zero-order chi connectivity index (χ0) is 17.1. The number of hydrogen-bond donors (Lipinski definition) is 2. The molecule has 1 aliphatic rings. The topological polar surface area (TPSA) is 99.3 Å².